The lowest BCUT2D eigenvalue weighted by Gasteiger charge is -2.31. The Labute approximate surface area is 210 Å². The Balaban J connectivity index is 1.36. The molecule has 0 bridgehead atoms. The summed E-state index contributed by atoms with van der Waals surface area (Å²) in [5.74, 6) is 0.588. The van der Waals surface area contributed by atoms with Gasteiger partial charge in [0.2, 0.25) is 5.91 Å². The van der Waals surface area contributed by atoms with E-state index in [0.29, 0.717) is 28.4 Å². The zero-order valence-electron chi connectivity index (χ0n) is 19.9. The van der Waals surface area contributed by atoms with Crippen molar-refractivity contribution in [1.82, 2.24) is 34.7 Å². The molecule has 0 aliphatic carbocycles. The highest BCUT2D eigenvalue weighted by Gasteiger charge is 2.32. The summed E-state index contributed by atoms with van der Waals surface area (Å²) < 4.78 is 39.5. The Bertz CT molecular complexity index is 1410. The molecule has 1 aliphatic rings. The summed E-state index contributed by atoms with van der Waals surface area (Å²) in [6.45, 7) is 3.74. The summed E-state index contributed by atoms with van der Waals surface area (Å²) >= 11 is 0. The van der Waals surface area contributed by atoms with Crippen LogP contribution < -0.4 is 10.6 Å². The van der Waals surface area contributed by atoms with Gasteiger partial charge < -0.3 is 20.5 Å². The Hall–Kier alpha value is -4.10. The monoisotopic (exact) mass is 511 g/mol. The molecule has 10 nitrogen and oxygen atoms in total. The summed E-state index contributed by atoms with van der Waals surface area (Å²) in [5.41, 5.74) is -0.0303. The first-order chi connectivity index (χ1) is 17.7. The summed E-state index contributed by atoms with van der Waals surface area (Å²) in [7, 11) is 2.05. The van der Waals surface area contributed by atoms with Crippen LogP contribution >= 0.6 is 0 Å². The van der Waals surface area contributed by atoms with Gasteiger partial charge >= 0.3 is 6.18 Å². The maximum absolute atomic E-state index is 13.2. The molecule has 1 amide bonds. The molecule has 1 fully saturated rings. The fourth-order valence-electron chi connectivity index (χ4n) is 3.97. The molecule has 0 spiro atoms. The van der Waals surface area contributed by atoms with Gasteiger partial charge in [0.25, 0.3) is 0 Å². The number of alkyl halides is 3. The third-order valence-electron chi connectivity index (χ3n) is 5.94. The highest BCUT2D eigenvalue weighted by molar-refractivity contribution is 5.93. The van der Waals surface area contributed by atoms with Crippen LogP contribution in [0.1, 0.15) is 5.69 Å². The van der Waals surface area contributed by atoms with Crippen molar-refractivity contribution in [2.75, 3.05) is 50.4 Å². The van der Waals surface area contributed by atoms with Crippen LogP contribution in [0, 0.1) is 0 Å². The van der Waals surface area contributed by atoms with Crippen molar-refractivity contribution >= 4 is 34.3 Å². The van der Waals surface area contributed by atoms with Crippen molar-refractivity contribution in [3.8, 4) is 11.5 Å². The lowest BCUT2D eigenvalue weighted by atomic mass is 10.2. The van der Waals surface area contributed by atoms with Crippen LogP contribution in [0.15, 0.2) is 48.8 Å². The molecular weight excluding hydrogens is 487 g/mol. The number of amides is 1. The maximum Gasteiger partial charge on any atom is 0.433 e. The van der Waals surface area contributed by atoms with E-state index in [2.05, 4.69) is 52.4 Å². The molecule has 5 rings (SSSR count). The number of carbonyl (C=O) groups is 1. The van der Waals surface area contributed by atoms with Gasteiger partial charge in [0.15, 0.2) is 5.82 Å². The third kappa shape index (κ3) is 5.84. The van der Waals surface area contributed by atoms with Crippen molar-refractivity contribution in [3.05, 3.63) is 54.5 Å². The highest BCUT2D eigenvalue weighted by atomic mass is 19.4. The van der Waals surface area contributed by atoms with E-state index in [1.807, 2.05) is 0 Å². The molecule has 0 atom stereocenters. The summed E-state index contributed by atoms with van der Waals surface area (Å²) in [6, 6.07) is 8.68. The number of aromatic nitrogens is 5. The molecule has 1 aliphatic heterocycles. The van der Waals surface area contributed by atoms with Gasteiger partial charge in [-0.2, -0.15) is 13.2 Å². The quantitative estimate of drug-likeness (QED) is 0.361. The number of rotatable bonds is 6. The first-order valence-corrected chi connectivity index (χ1v) is 11.6. The number of likely N-dealkylation sites (N-methyl/N-ethyl adjacent to an activating group) is 1. The molecule has 0 unspecified atom stereocenters. The molecule has 4 aromatic heterocycles. The summed E-state index contributed by atoms with van der Waals surface area (Å²) in [6.07, 6.45) is -1.39. The van der Waals surface area contributed by atoms with Crippen LogP contribution in [0.3, 0.4) is 0 Å². The minimum Gasteiger partial charge on any atom is -0.346 e. The molecule has 13 heteroatoms. The van der Waals surface area contributed by atoms with Gasteiger partial charge in [-0.15, -0.1) is 0 Å². The molecule has 192 valence electrons. The number of H-pyrrole nitrogens is 1. The summed E-state index contributed by atoms with van der Waals surface area (Å²) in [4.78, 5) is 36.5. The van der Waals surface area contributed by atoms with Crippen molar-refractivity contribution in [2.45, 2.75) is 6.18 Å². The average Bonchev–Trinajstić information content (AvgIpc) is 3.34. The lowest BCUT2D eigenvalue weighted by molar-refractivity contribution is -0.141. The number of carbonyl (C=O) groups excluding carboxylic acids is 1. The van der Waals surface area contributed by atoms with Gasteiger partial charge in [-0.1, -0.05) is 6.07 Å². The van der Waals surface area contributed by atoms with Crippen LogP contribution in [0.5, 0.6) is 0 Å². The first kappa shape index (κ1) is 24.6. The molecule has 3 N–H and O–H groups in total. The Morgan fingerprint density at radius 2 is 1.89 bits per heavy atom. The average molecular weight is 512 g/mol. The molecule has 37 heavy (non-hydrogen) atoms. The zero-order chi connectivity index (χ0) is 26.0. The normalized spacial score (nSPS) is 15.1. The highest BCUT2D eigenvalue weighted by Crippen LogP contribution is 2.30. The van der Waals surface area contributed by atoms with E-state index in [4.69, 9.17) is 0 Å². The van der Waals surface area contributed by atoms with Gasteiger partial charge in [-0.3, -0.25) is 9.69 Å². The Kier molecular flexibility index (Phi) is 6.72. The molecule has 0 radical (unpaired) electrons. The standard InChI is InChI=1S/C24H24F3N9O/c1-35-9-11-36(12-10-35)14-20(37)32-19-13-15(5-7-28-19)30-22-16-6-8-29-21(16)33-23(34-22)17-3-2-4-18(31-17)24(25,26)27/h2-8,13H,9-12,14H2,1H3,(H3,28,29,30,32,33,34,37). The number of nitrogens with zero attached hydrogens (tertiary/aromatic N) is 6. The molecule has 0 saturated carbocycles. The van der Waals surface area contributed by atoms with Crippen molar-refractivity contribution in [3.63, 3.8) is 0 Å². The van der Waals surface area contributed by atoms with Crippen molar-refractivity contribution in [2.24, 2.45) is 0 Å². The number of hydrogen-bond acceptors (Lipinski definition) is 8. The smallest absolute Gasteiger partial charge is 0.346 e. The number of halogens is 3. The molecule has 1 saturated heterocycles. The predicted octanol–water partition coefficient (Wildman–Crippen LogP) is 3.36. The number of anilines is 3. The molecular formula is C24H24F3N9O. The van der Waals surface area contributed by atoms with Crippen LogP contribution in [-0.4, -0.2) is 80.4 Å². The van der Waals surface area contributed by atoms with Crippen LogP contribution in [-0.2, 0) is 11.0 Å². The minimum atomic E-state index is -4.59. The second-order valence-corrected chi connectivity index (χ2v) is 8.72. The van der Waals surface area contributed by atoms with E-state index in [-0.39, 0.29) is 24.0 Å². The van der Waals surface area contributed by atoms with Gasteiger partial charge in [0, 0.05) is 50.3 Å². The zero-order valence-corrected chi connectivity index (χ0v) is 19.9. The van der Waals surface area contributed by atoms with E-state index in [9.17, 15) is 18.0 Å². The first-order valence-electron chi connectivity index (χ1n) is 11.6. The van der Waals surface area contributed by atoms with E-state index >= 15 is 0 Å². The predicted molar refractivity (Wildman–Crippen MR) is 132 cm³/mol. The van der Waals surface area contributed by atoms with Crippen LogP contribution in [0.25, 0.3) is 22.6 Å². The van der Waals surface area contributed by atoms with Crippen molar-refractivity contribution < 1.29 is 18.0 Å². The fourth-order valence-corrected chi connectivity index (χ4v) is 3.97. The van der Waals surface area contributed by atoms with Gasteiger partial charge in [-0.05, 0) is 31.3 Å². The largest absolute Gasteiger partial charge is 0.433 e. The maximum atomic E-state index is 13.2. The molecule has 0 aromatic carbocycles. The summed E-state index contributed by atoms with van der Waals surface area (Å²) in [5, 5.41) is 6.61. The van der Waals surface area contributed by atoms with Gasteiger partial charge in [0.1, 0.15) is 28.7 Å². The van der Waals surface area contributed by atoms with Gasteiger partial charge in [0.05, 0.1) is 11.9 Å². The van der Waals surface area contributed by atoms with E-state index in [0.717, 1.165) is 32.2 Å². The van der Waals surface area contributed by atoms with Crippen LogP contribution in [0.2, 0.25) is 0 Å². The number of fused-ring (bicyclic) bond motifs is 1. The van der Waals surface area contributed by atoms with Crippen molar-refractivity contribution in [1.29, 1.82) is 0 Å². The van der Waals surface area contributed by atoms with E-state index in [1.54, 1.807) is 30.6 Å². The topological polar surface area (TPSA) is 115 Å². The number of pyridine rings is 2. The third-order valence-corrected chi connectivity index (χ3v) is 5.94. The molecule has 5 heterocycles. The number of hydrogen-bond donors (Lipinski definition) is 3. The Morgan fingerprint density at radius 3 is 2.68 bits per heavy atom. The number of aromatic amines is 1. The fraction of sp³-hybridized carbons (Fsp3) is 0.292. The Morgan fingerprint density at radius 1 is 1.08 bits per heavy atom. The number of piperazine rings is 1. The number of nitrogens with one attached hydrogen (secondary N) is 3. The molecule has 4 aromatic rings. The lowest BCUT2D eigenvalue weighted by Crippen LogP contribution is -2.47. The minimum absolute atomic E-state index is 0.0130. The van der Waals surface area contributed by atoms with E-state index in [1.165, 1.54) is 12.1 Å². The van der Waals surface area contributed by atoms with Crippen LogP contribution in [0.4, 0.5) is 30.5 Å². The SMILES string of the molecule is CN1CCN(CC(=O)Nc2cc(Nc3nc(-c4cccc(C(F)(F)F)n4)nc4[nH]ccc34)ccn2)CC1. The second-order valence-electron chi connectivity index (χ2n) is 8.72. The second kappa shape index (κ2) is 10.1. The van der Waals surface area contributed by atoms with E-state index < -0.39 is 11.9 Å². The van der Waals surface area contributed by atoms with Gasteiger partial charge in [-0.25, -0.2) is 19.9 Å².